The molecule has 11 rings (SSSR count). The summed E-state index contributed by atoms with van der Waals surface area (Å²) in [6.07, 6.45) is 3.71. The Labute approximate surface area is 309 Å². The number of fused-ring (bicyclic) bond motifs is 7. The lowest BCUT2D eigenvalue weighted by Crippen LogP contribution is -2.01. The van der Waals surface area contributed by atoms with Gasteiger partial charge in [0.25, 0.3) is 0 Å². The van der Waals surface area contributed by atoms with Crippen molar-refractivity contribution in [3.05, 3.63) is 170 Å². The van der Waals surface area contributed by atoms with Crippen LogP contribution in [0.3, 0.4) is 0 Å². The number of benzene rings is 7. The van der Waals surface area contributed by atoms with Crippen molar-refractivity contribution in [3.8, 4) is 56.4 Å². The van der Waals surface area contributed by atoms with Gasteiger partial charge in [-0.1, -0.05) is 121 Å². The molecule has 0 atom stereocenters. The van der Waals surface area contributed by atoms with E-state index < -0.39 is 0 Å². The largest absolute Gasteiger partial charge is 0.456 e. The summed E-state index contributed by atoms with van der Waals surface area (Å²) >= 11 is 0. The zero-order chi connectivity index (χ0) is 35.6. The van der Waals surface area contributed by atoms with E-state index in [1.165, 1.54) is 0 Å². The van der Waals surface area contributed by atoms with E-state index in [0.717, 1.165) is 93.6 Å². The van der Waals surface area contributed by atoms with Crippen molar-refractivity contribution in [1.82, 2.24) is 19.9 Å². The van der Waals surface area contributed by atoms with Crippen LogP contribution in [0.2, 0.25) is 0 Å². The van der Waals surface area contributed by atoms with Crippen LogP contribution in [-0.4, -0.2) is 19.9 Å². The molecule has 0 saturated heterocycles. The molecular formula is C48H28N4O2. The molecular weight excluding hydrogens is 665 g/mol. The Balaban J connectivity index is 1.19. The summed E-state index contributed by atoms with van der Waals surface area (Å²) in [5.74, 6) is 1.74. The van der Waals surface area contributed by atoms with Gasteiger partial charge in [0, 0.05) is 61.6 Å². The fraction of sp³-hybridized carbons (Fsp3) is 0. The SMILES string of the molecule is c1ccc(-c2nc(-c3ccccc3-c3ccc(-c4ccccc4)c4oc5cc6cnccc6cc5c34)nc(-c3cccc4oc5ccccc5c34)n2)cc1. The average Bonchev–Trinajstić information content (AvgIpc) is 3.81. The van der Waals surface area contributed by atoms with Crippen molar-refractivity contribution < 1.29 is 8.83 Å². The number of pyridine rings is 1. The highest BCUT2D eigenvalue weighted by molar-refractivity contribution is 6.19. The minimum absolute atomic E-state index is 0.573. The van der Waals surface area contributed by atoms with Crippen LogP contribution in [0, 0.1) is 0 Å². The molecule has 7 aromatic carbocycles. The van der Waals surface area contributed by atoms with E-state index in [0.29, 0.717) is 17.5 Å². The van der Waals surface area contributed by atoms with Crippen molar-refractivity contribution >= 4 is 54.6 Å². The van der Waals surface area contributed by atoms with Gasteiger partial charge in [0.05, 0.1) is 0 Å². The molecule has 6 heteroatoms. The summed E-state index contributed by atoms with van der Waals surface area (Å²) in [6, 6.07) is 53.7. The Morgan fingerprint density at radius 3 is 1.89 bits per heavy atom. The first-order valence-electron chi connectivity index (χ1n) is 17.9. The first kappa shape index (κ1) is 30.2. The molecule has 0 aliphatic rings. The Morgan fingerprint density at radius 1 is 0.370 bits per heavy atom. The van der Waals surface area contributed by atoms with Crippen molar-refractivity contribution in [2.45, 2.75) is 0 Å². The molecule has 54 heavy (non-hydrogen) atoms. The normalized spacial score (nSPS) is 11.7. The van der Waals surface area contributed by atoms with Gasteiger partial charge in [-0.3, -0.25) is 4.98 Å². The molecule has 6 nitrogen and oxygen atoms in total. The van der Waals surface area contributed by atoms with Crippen LogP contribution < -0.4 is 0 Å². The molecule has 0 amide bonds. The number of furan rings is 2. The molecule has 4 heterocycles. The second-order valence-electron chi connectivity index (χ2n) is 13.4. The lowest BCUT2D eigenvalue weighted by Gasteiger charge is -2.14. The smallest absolute Gasteiger partial charge is 0.164 e. The van der Waals surface area contributed by atoms with Gasteiger partial charge in [0.1, 0.15) is 22.3 Å². The summed E-state index contributed by atoms with van der Waals surface area (Å²) in [5.41, 5.74) is 10.0. The predicted molar refractivity (Wildman–Crippen MR) is 217 cm³/mol. The van der Waals surface area contributed by atoms with Gasteiger partial charge in [0.15, 0.2) is 17.5 Å². The molecule has 0 N–H and O–H groups in total. The summed E-state index contributed by atoms with van der Waals surface area (Å²) in [7, 11) is 0. The van der Waals surface area contributed by atoms with Crippen molar-refractivity contribution in [3.63, 3.8) is 0 Å². The van der Waals surface area contributed by atoms with Gasteiger partial charge in [-0.25, -0.2) is 15.0 Å². The van der Waals surface area contributed by atoms with Gasteiger partial charge >= 0.3 is 0 Å². The van der Waals surface area contributed by atoms with E-state index in [-0.39, 0.29) is 0 Å². The molecule has 0 fully saturated rings. The number of rotatable bonds is 5. The standard InChI is InChI=1S/C48H28N4O2/c1-3-12-29(13-4-1)33-22-23-35(44-39-26-31-24-25-49-28-32(31)27-42(39)54-45(33)44)34-16-7-8-17-36(34)47-50-46(30-14-5-2-6-15-30)51-48(52-47)38-19-11-21-41-43(38)37-18-9-10-20-40(37)53-41/h1-28H. The van der Waals surface area contributed by atoms with E-state index in [1.54, 1.807) is 0 Å². The molecule has 0 spiro atoms. The van der Waals surface area contributed by atoms with E-state index in [4.69, 9.17) is 23.8 Å². The van der Waals surface area contributed by atoms with Gasteiger partial charge in [-0.05, 0) is 58.5 Å². The summed E-state index contributed by atoms with van der Waals surface area (Å²) in [4.78, 5) is 19.9. The van der Waals surface area contributed by atoms with Crippen LogP contribution in [0.5, 0.6) is 0 Å². The van der Waals surface area contributed by atoms with E-state index in [2.05, 4.69) is 83.8 Å². The maximum atomic E-state index is 6.80. The summed E-state index contributed by atoms with van der Waals surface area (Å²) in [6.45, 7) is 0. The zero-order valence-electron chi connectivity index (χ0n) is 28.8. The maximum Gasteiger partial charge on any atom is 0.164 e. The van der Waals surface area contributed by atoms with E-state index >= 15 is 0 Å². The summed E-state index contributed by atoms with van der Waals surface area (Å²) < 4.78 is 13.1. The Kier molecular flexibility index (Phi) is 6.75. The van der Waals surface area contributed by atoms with Crippen LogP contribution in [0.1, 0.15) is 0 Å². The van der Waals surface area contributed by atoms with Crippen LogP contribution >= 0.6 is 0 Å². The fourth-order valence-electron chi connectivity index (χ4n) is 7.74. The maximum absolute atomic E-state index is 6.80. The van der Waals surface area contributed by atoms with Gasteiger partial charge in [-0.2, -0.15) is 0 Å². The fourth-order valence-corrected chi connectivity index (χ4v) is 7.74. The number of aromatic nitrogens is 4. The van der Waals surface area contributed by atoms with Gasteiger partial charge < -0.3 is 8.83 Å². The third kappa shape index (κ3) is 4.81. The third-order valence-electron chi connectivity index (χ3n) is 10.2. The number of nitrogens with zero attached hydrogens (tertiary/aromatic N) is 4. The monoisotopic (exact) mass is 692 g/mol. The topological polar surface area (TPSA) is 77.8 Å². The molecule has 4 aromatic heterocycles. The summed E-state index contributed by atoms with van der Waals surface area (Å²) in [5, 5.41) is 6.18. The lowest BCUT2D eigenvalue weighted by atomic mass is 9.91. The minimum Gasteiger partial charge on any atom is -0.456 e. The molecule has 0 bridgehead atoms. The van der Waals surface area contributed by atoms with Crippen molar-refractivity contribution in [1.29, 1.82) is 0 Å². The Bertz CT molecular complexity index is 3220. The van der Waals surface area contributed by atoms with E-state index in [1.807, 2.05) is 91.3 Å². The minimum atomic E-state index is 0.573. The highest BCUT2D eigenvalue weighted by Gasteiger charge is 2.22. The van der Waals surface area contributed by atoms with Crippen LogP contribution in [0.15, 0.2) is 179 Å². The van der Waals surface area contributed by atoms with Crippen LogP contribution in [-0.2, 0) is 0 Å². The number of hydrogen-bond donors (Lipinski definition) is 0. The van der Waals surface area contributed by atoms with Crippen LogP contribution in [0.4, 0.5) is 0 Å². The number of hydrogen-bond acceptors (Lipinski definition) is 6. The van der Waals surface area contributed by atoms with E-state index in [9.17, 15) is 0 Å². The third-order valence-corrected chi connectivity index (χ3v) is 10.2. The Hall–Kier alpha value is -7.44. The van der Waals surface area contributed by atoms with Gasteiger partial charge in [0.2, 0.25) is 0 Å². The highest BCUT2D eigenvalue weighted by atomic mass is 16.3. The first-order valence-corrected chi connectivity index (χ1v) is 17.9. The van der Waals surface area contributed by atoms with Crippen LogP contribution in [0.25, 0.3) is 111 Å². The molecule has 0 saturated carbocycles. The Morgan fingerprint density at radius 2 is 1.04 bits per heavy atom. The zero-order valence-corrected chi connectivity index (χ0v) is 28.8. The second-order valence-corrected chi connectivity index (χ2v) is 13.4. The van der Waals surface area contributed by atoms with Gasteiger partial charge in [-0.15, -0.1) is 0 Å². The molecule has 0 radical (unpaired) electrons. The first-order chi connectivity index (χ1) is 26.8. The molecule has 252 valence electrons. The molecule has 0 unspecified atom stereocenters. The number of para-hydroxylation sites is 1. The lowest BCUT2D eigenvalue weighted by molar-refractivity contribution is 0.669. The van der Waals surface area contributed by atoms with Crippen molar-refractivity contribution in [2.24, 2.45) is 0 Å². The van der Waals surface area contributed by atoms with Crippen molar-refractivity contribution in [2.75, 3.05) is 0 Å². The average molecular weight is 693 g/mol. The second kappa shape index (κ2) is 12.1. The molecule has 0 aliphatic heterocycles. The molecule has 0 aliphatic carbocycles. The molecule has 11 aromatic rings. The predicted octanol–water partition coefficient (Wildman–Crippen LogP) is 12.6. The quantitative estimate of drug-likeness (QED) is 0.179. The highest BCUT2D eigenvalue weighted by Crippen LogP contribution is 2.45.